The summed E-state index contributed by atoms with van der Waals surface area (Å²) in [4.78, 5) is 4.57. The zero-order chi connectivity index (χ0) is 14.7. The Kier molecular flexibility index (Phi) is 6.06. The summed E-state index contributed by atoms with van der Waals surface area (Å²) < 4.78 is 13.1. The number of hydrogen-bond donors (Lipinski definition) is 2. The Balaban J connectivity index is 0.00000176. The molecule has 0 heterocycles. The van der Waals surface area contributed by atoms with Crippen LogP contribution >= 0.6 is 24.0 Å². The molecule has 0 spiro atoms. The van der Waals surface area contributed by atoms with Crippen molar-refractivity contribution in [3.8, 4) is 0 Å². The van der Waals surface area contributed by atoms with Crippen LogP contribution in [0.5, 0.6) is 0 Å². The third-order valence-corrected chi connectivity index (χ3v) is 5.03. The van der Waals surface area contributed by atoms with Crippen molar-refractivity contribution in [1.29, 1.82) is 0 Å². The second kappa shape index (κ2) is 7.62. The second-order valence-corrected chi connectivity index (χ2v) is 6.47. The first kappa shape index (κ1) is 17.5. The summed E-state index contributed by atoms with van der Waals surface area (Å²) >= 11 is 0. The van der Waals surface area contributed by atoms with E-state index in [0.29, 0.717) is 18.5 Å². The zero-order valence-corrected chi connectivity index (χ0v) is 15.2. The van der Waals surface area contributed by atoms with Gasteiger partial charge in [-0.2, -0.15) is 0 Å². The molecule has 3 nitrogen and oxygen atoms in total. The molecule has 2 fully saturated rings. The predicted octanol–water partition coefficient (Wildman–Crippen LogP) is 3.71. The van der Waals surface area contributed by atoms with Crippen LogP contribution in [0.1, 0.15) is 50.5 Å². The Morgan fingerprint density at radius 2 is 1.82 bits per heavy atom. The minimum Gasteiger partial charge on any atom is -0.370 e. The van der Waals surface area contributed by atoms with Crippen molar-refractivity contribution >= 4 is 29.9 Å². The van der Waals surface area contributed by atoms with Gasteiger partial charge in [0.2, 0.25) is 0 Å². The zero-order valence-electron chi connectivity index (χ0n) is 12.9. The van der Waals surface area contributed by atoms with Crippen LogP contribution in [0.2, 0.25) is 0 Å². The molecule has 0 radical (unpaired) electrons. The Hall–Kier alpha value is -0.850. The predicted molar refractivity (Wildman–Crippen MR) is 99.2 cm³/mol. The molecule has 0 aliphatic heterocycles. The van der Waals surface area contributed by atoms with E-state index in [0.717, 1.165) is 12.8 Å². The highest BCUT2D eigenvalue weighted by Gasteiger charge is 2.38. The fourth-order valence-corrected chi connectivity index (χ4v) is 3.51. The lowest BCUT2D eigenvalue weighted by Gasteiger charge is -2.41. The molecule has 3 rings (SSSR count). The van der Waals surface area contributed by atoms with E-state index < -0.39 is 0 Å². The molecule has 1 aromatic rings. The second-order valence-electron chi connectivity index (χ2n) is 6.47. The highest BCUT2D eigenvalue weighted by atomic mass is 127. The standard InChI is InChI=1S/C17H24FN3.HI/c18-14-8-6-13(7-9-14)17(10-3-11-17)12-20-16(19)21-15-4-1-2-5-15;/h6-9,15H,1-5,10-12H2,(H3,19,20,21);1H. The van der Waals surface area contributed by atoms with Gasteiger partial charge >= 0.3 is 0 Å². The van der Waals surface area contributed by atoms with Gasteiger partial charge in [0.25, 0.3) is 0 Å². The lowest BCUT2D eigenvalue weighted by molar-refractivity contribution is 0.253. The lowest BCUT2D eigenvalue weighted by Crippen LogP contribution is -2.42. The molecule has 0 atom stereocenters. The van der Waals surface area contributed by atoms with E-state index in [2.05, 4.69) is 10.3 Å². The normalized spacial score (nSPS) is 21.0. The minimum absolute atomic E-state index is 0. The number of aliphatic imine (C=N–C) groups is 1. The Labute approximate surface area is 149 Å². The number of benzene rings is 1. The fraction of sp³-hybridized carbons (Fsp3) is 0.588. The average molecular weight is 417 g/mol. The van der Waals surface area contributed by atoms with E-state index in [4.69, 9.17) is 5.73 Å². The number of nitrogens with two attached hydrogens (primary N) is 1. The van der Waals surface area contributed by atoms with Crippen molar-refractivity contribution < 1.29 is 4.39 Å². The van der Waals surface area contributed by atoms with Crippen LogP contribution in [0, 0.1) is 5.82 Å². The highest BCUT2D eigenvalue weighted by Crippen LogP contribution is 2.44. The molecule has 0 aromatic heterocycles. The van der Waals surface area contributed by atoms with Gasteiger partial charge in [-0.1, -0.05) is 31.4 Å². The third kappa shape index (κ3) is 3.91. The summed E-state index contributed by atoms with van der Waals surface area (Å²) in [6.45, 7) is 0.699. The summed E-state index contributed by atoms with van der Waals surface area (Å²) in [7, 11) is 0. The molecule has 2 saturated carbocycles. The summed E-state index contributed by atoms with van der Waals surface area (Å²) in [5, 5.41) is 3.33. The van der Waals surface area contributed by atoms with Gasteiger partial charge in [-0.3, -0.25) is 4.99 Å². The largest absolute Gasteiger partial charge is 0.370 e. The van der Waals surface area contributed by atoms with Crippen molar-refractivity contribution in [1.82, 2.24) is 5.32 Å². The van der Waals surface area contributed by atoms with Gasteiger partial charge in [-0.25, -0.2) is 4.39 Å². The molecule has 5 heteroatoms. The van der Waals surface area contributed by atoms with Crippen molar-refractivity contribution in [3.63, 3.8) is 0 Å². The van der Waals surface area contributed by atoms with Gasteiger partial charge in [0, 0.05) is 11.5 Å². The number of hydrogen-bond acceptors (Lipinski definition) is 1. The molecule has 122 valence electrons. The molecule has 1 aromatic carbocycles. The highest BCUT2D eigenvalue weighted by molar-refractivity contribution is 14.0. The van der Waals surface area contributed by atoms with Crippen molar-refractivity contribution in [2.75, 3.05) is 6.54 Å². The maximum absolute atomic E-state index is 13.1. The first-order valence-electron chi connectivity index (χ1n) is 8.00. The van der Waals surface area contributed by atoms with Crippen LogP contribution < -0.4 is 11.1 Å². The van der Waals surface area contributed by atoms with Crippen LogP contribution in [-0.4, -0.2) is 18.5 Å². The van der Waals surface area contributed by atoms with E-state index in [1.165, 1.54) is 37.7 Å². The van der Waals surface area contributed by atoms with Gasteiger partial charge in [-0.05, 0) is 43.4 Å². The average Bonchev–Trinajstić information content (AvgIpc) is 2.92. The maximum atomic E-state index is 13.1. The van der Waals surface area contributed by atoms with Crippen LogP contribution in [0.25, 0.3) is 0 Å². The molecule has 3 N–H and O–H groups in total. The summed E-state index contributed by atoms with van der Waals surface area (Å²) in [6.07, 6.45) is 8.38. The first-order chi connectivity index (χ1) is 10.2. The Morgan fingerprint density at radius 1 is 1.18 bits per heavy atom. The van der Waals surface area contributed by atoms with E-state index in [9.17, 15) is 4.39 Å². The van der Waals surface area contributed by atoms with E-state index in [-0.39, 0.29) is 35.2 Å². The Morgan fingerprint density at radius 3 is 2.36 bits per heavy atom. The molecule has 2 aliphatic rings. The molecular formula is C17H25FIN3. The molecule has 2 aliphatic carbocycles. The molecule has 22 heavy (non-hydrogen) atoms. The quantitative estimate of drug-likeness (QED) is 0.446. The number of rotatable bonds is 4. The van der Waals surface area contributed by atoms with Crippen molar-refractivity contribution in [2.24, 2.45) is 10.7 Å². The van der Waals surface area contributed by atoms with Crippen LogP contribution in [0.15, 0.2) is 29.3 Å². The van der Waals surface area contributed by atoms with Crippen LogP contribution in [0.4, 0.5) is 4.39 Å². The van der Waals surface area contributed by atoms with Gasteiger partial charge in [0.1, 0.15) is 5.82 Å². The first-order valence-corrected chi connectivity index (χ1v) is 8.00. The van der Waals surface area contributed by atoms with Gasteiger partial charge < -0.3 is 11.1 Å². The molecule has 0 bridgehead atoms. The van der Waals surface area contributed by atoms with E-state index in [1.807, 2.05) is 12.1 Å². The molecule has 0 amide bonds. The number of nitrogens with one attached hydrogen (secondary N) is 1. The summed E-state index contributed by atoms with van der Waals surface area (Å²) in [6, 6.07) is 7.37. The van der Waals surface area contributed by atoms with Gasteiger partial charge in [-0.15, -0.1) is 24.0 Å². The number of halogens is 2. The maximum Gasteiger partial charge on any atom is 0.188 e. The monoisotopic (exact) mass is 417 g/mol. The fourth-order valence-electron chi connectivity index (χ4n) is 3.51. The minimum atomic E-state index is -0.181. The van der Waals surface area contributed by atoms with Crippen LogP contribution in [-0.2, 0) is 5.41 Å². The molecule has 0 unspecified atom stereocenters. The molecule has 0 saturated heterocycles. The van der Waals surface area contributed by atoms with Gasteiger partial charge in [0.15, 0.2) is 5.96 Å². The summed E-state index contributed by atoms with van der Waals surface area (Å²) in [5.41, 5.74) is 7.27. The lowest BCUT2D eigenvalue weighted by atomic mass is 9.64. The topological polar surface area (TPSA) is 50.4 Å². The van der Waals surface area contributed by atoms with Gasteiger partial charge in [0.05, 0.1) is 6.54 Å². The van der Waals surface area contributed by atoms with E-state index in [1.54, 1.807) is 12.1 Å². The van der Waals surface area contributed by atoms with E-state index >= 15 is 0 Å². The van der Waals surface area contributed by atoms with Crippen molar-refractivity contribution in [3.05, 3.63) is 35.6 Å². The smallest absolute Gasteiger partial charge is 0.188 e. The van der Waals surface area contributed by atoms with Crippen molar-refractivity contribution in [2.45, 2.75) is 56.4 Å². The summed E-state index contributed by atoms with van der Waals surface area (Å²) in [5.74, 6) is 0.384. The number of nitrogens with zero attached hydrogens (tertiary/aromatic N) is 1. The number of guanidine groups is 1. The molecular weight excluding hydrogens is 392 g/mol. The van der Waals surface area contributed by atoms with Crippen LogP contribution in [0.3, 0.4) is 0 Å². The third-order valence-electron chi connectivity index (χ3n) is 5.03. The SMILES string of the molecule is I.NC(=NCC1(c2ccc(F)cc2)CCC1)NC1CCCC1. The Bertz CT molecular complexity index is 505.